The van der Waals surface area contributed by atoms with Gasteiger partial charge in [0.25, 0.3) is 11.8 Å². The van der Waals surface area contributed by atoms with Crippen LogP contribution in [0.4, 0.5) is 0 Å². The van der Waals surface area contributed by atoms with Crippen molar-refractivity contribution in [2.75, 3.05) is 13.7 Å². The molecule has 1 fully saturated rings. The lowest BCUT2D eigenvalue weighted by Gasteiger charge is -2.31. The summed E-state index contributed by atoms with van der Waals surface area (Å²) in [5, 5.41) is 4.89. The zero-order valence-electron chi connectivity index (χ0n) is 18.5. The Labute approximate surface area is 189 Å². The smallest absolute Gasteiger partial charge is 0.260 e. The van der Waals surface area contributed by atoms with Crippen LogP contribution in [0.3, 0.4) is 0 Å². The summed E-state index contributed by atoms with van der Waals surface area (Å²) >= 11 is 0. The second-order valence-corrected chi connectivity index (χ2v) is 8.45. The number of fused-ring (bicyclic) bond motifs is 1. The fraction of sp³-hybridized carbons (Fsp3) is 0.333. The number of hydrogen-bond acceptors (Lipinski definition) is 3. The molecule has 32 heavy (non-hydrogen) atoms. The molecule has 0 bridgehead atoms. The monoisotopic (exact) mass is 430 g/mol. The van der Waals surface area contributed by atoms with Gasteiger partial charge in [0.1, 0.15) is 5.75 Å². The van der Waals surface area contributed by atoms with Gasteiger partial charge in [0.2, 0.25) is 0 Å². The number of rotatable bonds is 7. The molecule has 4 rings (SSSR count). The highest BCUT2D eigenvalue weighted by Crippen LogP contribution is 2.27. The van der Waals surface area contributed by atoms with Crippen LogP contribution in [0.25, 0.3) is 10.8 Å². The maximum absolute atomic E-state index is 13.0. The predicted molar refractivity (Wildman–Crippen MR) is 127 cm³/mol. The number of carbonyl (C=O) groups is 2. The fourth-order valence-corrected chi connectivity index (χ4v) is 4.30. The molecule has 2 amide bonds. The van der Waals surface area contributed by atoms with Crippen LogP contribution in [0.1, 0.15) is 48.0 Å². The molecule has 0 unspecified atom stereocenters. The van der Waals surface area contributed by atoms with Gasteiger partial charge in [-0.1, -0.05) is 73.9 Å². The highest BCUT2D eigenvalue weighted by Gasteiger charge is 2.23. The van der Waals surface area contributed by atoms with Crippen molar-refractivity contribution in [2.24, 2.45) is 0 Å². The molecule has 0 heterocycles. The molecular formula is C27H30N2O3. The number of nitrogens with zero attached hydrogens (tertiary/aromatic N) is 1. The van der Waals surface area contributed by atoms with Gasteiger partial charge in [-0.2, -0.15) is 0 Å². The highest BCUT2D eigenvalue weighted by atomic mass is 16.5. The van der Waals surface area contributed by atoms with Crippen LogP contribution in [0.15, 0.2) is 66.7 Å². The number of likely N-dealkylation sites (N-methyl/N-ethyl adjacent to an activating group) is 1. The number of benzene rings is 3. The van der Waals surface area contributed by atoms with Crippen LogP contribution in [-0.4, -0.2) is 36.4 Å². The van der Waals surface area contributed by atoms with E-state index in [9.17, 15) is 9.59 Å². The summed E-state index contributed by atoms with van der Waals surface area (Å²) in [6.45, 7) is 0.347. The van der Waals surface area contributed by atoms with E-state index < -0.39 is 0 Å². The molecule has 3 aromatic rings. The van der Waals surface area contributed by atoms with Crippen molar-refractivity contribution in [2.45, 2.75) is 44.7 Å². The Morgan fingerprint density at radius 3 is 2.31 bits per heavy atom. The summed E-state index contributed by atoms with van der Waals surface area (Å²) in [5.41, 5.74) is 1.46. The van der Waals surface area contributed by atoms with Crippen LogP contribution in [0, 0.1) is 0 Å². The van der Waals surface area contributed by atoms with Crippen LogP contribution in [-0.2, 0) is 11.3 Å². The molecule has 0 spiro atoms. The average Bonchev–Trinajstić information content (AvgIpc) is 2.86. The zero-order chi connectivity index (χ0) is 22.3. The molecular weight excluding hydrogens is 400 g/mol. The molecule has 0 radical (unpaired) electrons. The van der Waals surface area contributed by atoms with Crippen molar-refractivity contribution in [1.82, 2.24) is 10.2 Å². The highest BCUT2D eigenvalue weighted by molar-refractivity contribution is 6.01. The van der Waals surface area contributed by atoms with E-state index in [-0.39, 0.29) is 24.5 Å². The number of amides is 2. The lowest BCUT2D eigenvalue weighted by atomic mass is 9.94. The van der Waals surface area contributed by atoms with Crippen molar-refractivity contribution in [1.29, 1.82) is 0 Å². The van der Waals surface area contributed by atoms with Crippen molar-refractivity contribution < 1.29 is 14.3 Å². The molecule has 1 N–H and O–H groups in total. The molecule has 1 saturated carbocycles. The maximum Gasteiger partial charge on any atom is 0.260 e. The summed E-state index contributed by atoms with van der Waals surface area (Å²) < 4.78 is 5.94. The third kappa shape index (κ3) is 5.28. The third-order valence-corrected chi connectivity index (χ3v) is 6.26. The molecule has 166 valence electrons. The molecule has 1 aliphatic carbocycles. The van der Waals surface area contributed by atoms with Gasteiger partial charge in [0.15, 0.2) is 6.61 Å². The molecule has 0 aliphatic heterocycles. The largest absolute Gasteiger partial charge is 0.483 e. The second-order valence-electron chi connectivity index (χ2n) is 8.45. The normalized spacial score (nSPS) is 14.2. The van der Waals surface area contributed by atoms with Gasteiger partial charge in [0, 0.05) is 19.6 Å². The minimum absolute atomic E-state index is 0.0549. The number of carbonyl (C=O) groups excluding carboxylic acids is 2. The summed E-state index contributed by atoms with van der Waals surface area (Å²) in [6.07, 6.45) is 5.67. The average molecular weight is 431 g/mol. The topological polar surface area (TPSA) is 58.6 Å². The van der Waals surface area contributed by atoms with Crippen LogP contribution in [0.5, 0.6) is 5.75 Å². The summed E-state index contributed by atoms with van der Waals surface area (Å²) in [6, 6.07) is 21.6. The van der Waals surface area contributed by atoms with E-state index in [1.807, 2.05) is 78.7 Å². The minimum atomic E-state index is -0.220. The van der Waals surface area contributed by atoms with Gasteiger partial charge < -0.3 is 15.0 Å². The van der Waals surface area contributed by atoms with E-state index in [1.165, 1.54) is 19.3 Å². The van der Waals surface area contributed by atoms with Crippen LogP contribution in [0.2, 0.25) is 0 Å². The lowest BCUT2D eigenvalue weighted by molar-refractivity contribution is -0.134. The van der Waals surface area contributed by atoms with Crippen molar-refractivity contribution in [3.8, 4) is 5.75 Å². The van der Waals surface area contributed by atoms with E-state index in [1.54, 1.807) is 0 Å². The quantitative estimate of drug-likeness (QED) is 0.578. The molecule has 0 aromatic heterocycles. The number of ether oxygens (including phenoxy) is 1. The first kappa shape index (κ1) is 21.9. The Kier molecular flexibility index (Phi) is 7.05. The molecule has 1 aliphatic rings. The standard InChI is InChI=1S/C27H30N2O3/c1-29(23-14-6-3-7-15-23)26(30)19-32-25-17-22-13-9-8-12-21(22)16-24(25)27(31)28-18-20-10-4-2-5-11-20/h2,4-5,8-13,16-17,23H,3,6-7,14-15,18-19H2,1H3,(H,28,31). The van der Waals surface area contributed by atoms with E-state index in [4.69, 9.17) is 4.74 Å². The Bertz CT molecular complexity index is 1070. The Hall–Kier alpha value is -3.34. The number of nitrogens with one attached hydrogen (secondary N) is 1. The van der Waals surface area contributed by atoms with Gasteiger partial charge in [0.05, 0.1) is 5.56 Å². The summed E-state index contributed by atoms with van der Waals surface area (Å²) in [4.78, 5) is 27.6. The number of hydrogen-bond donors (Lipinski definition) is 1. The van der Waals surface area contributed by atoms with Gasteiger partial charge in [-0.25, -0.2) is 0 Å². The Balaban J connectivity index is 1.50. The van der Waals surface area contributed by atoms with E-state index in [0.717, 1.165) is 29.2 Å². The van der Waals surface area contributed by atoms with E-state index >= 15 is 0 Å². The molecule has 5 nitrogen and oxygen atoms in total. The van der Waals surface area contributed by atoms with Crippen LogP contribution >= 0.6 is 0 Å². The van der Waals surface area contributed by atoms with Gasteiger partial charge >= 0.3 is 0 Å². The molecule has 5 heteroatoms. The van der Waals surface area contributed by atoms with Gasteiger partial charge in [-0.3, -0.25) is 9.59 Å². The molecule has 0 atom stereocenters. The molecule has 0 saturated heterocycles. The van der Waals surface area contributed by atoms with Gasteiger partial charge in [-0.15, -0.1) is 0 Å². The summed E-state index contributed by atoms with van der Waals surface area (Å²) in [7, 11) is 1.86. The Morgan fingerprint density at radius 1 is 0.938 bits per heavy atom. The van der Waals surface area contributed by atoms with Crippen LogP contribution < -0.4 is 10.1 Å². The molecule has 3 aromatic carbocycles. The fourth-order valence-electron chi connectivity index (χ4n) is 4.30. The van der Waals surface area contributed by atoms with E-state index in [0.29, 0.717) is 17.9 Å². The first-order valence-corrected chi connectivity index (χ1v) is 11.3. The van der Waals surface area contributed by atoms with Crippen molar-refractivity contribution in [3.05, 3.63) is 77.9 Å². The summed E-state index contributed by atoms with van der Waals surface area (Å²) in [5.74, 6) is 0.156. The maximum atomic E-state index is 13.0. The SMILES string of the molecule is CN(C(=O)COc1cc2ccccc2cc1C(=O)NCc1ccccc1)C1CCCCC1. The predicted octanol–water partition coefficient (Wildman–Crippen LogP) is 4.94. The zero-order valence-corrected chi connectivity index (χ0v) is 18.5. The first-order valence-electron chi connectivity index (χ1n) is 11.3. The second kappa shape index (κ2) is 10.3. The third-order valence-electron chi connectivity index (χ3n) is 6.26. The lowest BCUT2D eigenvalue weighted by Crippen LogP contribution is -2.40. The van der Waals surface area contributed by atoms with Crippen molar-refractivity contribution in [3.63, 3.8) is 0 Å². The first-order chi connectivity index (χ1) is 15.6. The van der Waals surface area contributed by atoms with E-state index in [2.05, 4.69) is 5.32 Å². The minimum Gasteiger partial charge on any atom is -0.483 e. The van der Waals surface area contributed by atoms with Crippen molar-refractivity contribution >= 4 is 22.6 Å². The Morgan fingerprint density at radius 2 is 1.59 bits per heavy atom. The van der Waals surface area contributed by atoms with Gasteiger partial charge in [-0.05, 0) is 41.3 Å².